The van der Waals surface area contributed by atoms with Crippen LogP contribution in [0.5, 0.6) is 5.75 Å². The van der Waals surface area contributed by atoms with E-state index in [9.17, 15) is 24.7 Å². The maximum atomic E-state index is 12.2. The van der Waals surface area contributed by atoms with Crippen molar-refractivity contribution < 1.29 is 24.5 Å². The lowest BCUT2D eigenvalue weighted by molar-refractivity contribution is 0.0600. The van der Waals surface area contributed by atoms with Gasteiger partial charge in [-0.1, -0.05) is 36.5 Å². The number of primary amides is 1. The second-order valence-electron chi connectivity index (χ2n) is 7.33. The molecule has 0 unspecified atom stereocenters. The molecule has 0 aliphatic carbocycles. The topological polar surface area (TPSA) is 178 Å². The van der Waals surface area contributed by atoms with E-state index in [0.717, 1.165) is 0 Å². The number of methoxy groups -OCH3 is 1. The number of allylic oxidation sites excluding steroid dienone is 3. The van der Waals surface area contributed by atoms with Gasteiger partial charge in [0, 0.05) is 5.56 Å². The number of hydrogen-bond acceptors (Lipinski definition) is 10. The van der Waals surface area contributed by atoms with Gasteiger partial charge in [-0.05, 0) is 35.9 Å². The first kappa shape index (κ1) is 25.4. The molecule has 0 saturated carbocycles. The Kier molecular flexibility index (Phi) is 7.65. The third-order valence-corrected chi connectivity index (χ3v) is 4.95. The number of phenolic OH excluding ortho intramolecular Hbond substituents is 1. The highest BCUT2D eigenvalue weighted by Gasteiger charge is 2.22. The zero-order valence-corrected chi connectivity index (χ0v) is 19.1. The van der Waals surface area contributed by atoms with Gasteiger partial charge in [0.25, 0.3) is 0 Å². The monoisotopic (exact) mass is 487 g/mol. The standard InChI is InChI=1S/C25H21N5O6/c1-4-5-17(13(2)31)23-28-22(15-6-8-16(9-7-15)25(34)36-3)29-24(30-23)20-18(21(26)33)10-14(12-27-35)11-19(20)32/h4-11,31-32H,1-2,12H2,3H3,(H2,26,33)/b17-5+. The van der Waals surface area contributed by atoms with Crippen LogP contribution in [0.15, 0.2) is 72.6 Å². The van der Waals surface area contributed by atoms with Crippen molar-refractivity contribution in [2.24, 2.45) is 10.9 Å². The number of amides is 1. The predicted octanol–water partition coefficient (Wildman–Crippen LogP) is 3.70. The van der Waals surface area contributed by atoms with Crippen LogP contribution >= 0.6 is 0 Å². The lowest BCUT2D eigenvalue weighted by Gasteiger charge is -2.13. The summed E-state index contributed by atoms with van der Waals surface area (Å²) in [7, 11) is 1.26. The number of rotatable bonds is 9. The molecule has 0 spiro atoms. The number of phenols is 1. The Bertz CT molecular complexity index is 1410. The Morgan fingerprint density at radius 2 is 1.81 bits per heavy atom. The second kappa shape index (κ2) is 10.8. The van der Waals surface area contributed by atoms with Crippen molar-refractivity contribution in [3.8, 4) is 28.5 Å². The Labute approximate surface area is 205 Å². The third-order valence-electron chi connectivity index (χ3n) is 4.95. The van der Waals surface area contributed by atoms with Crippen LogP contribution in [0.1, 0.15) is 32.1 Å². The Morgan fingerprint density at radius 3 is 2.36 bits per heavy atom. The largest absolute Gasteiger partial charge is 0.508 e. The van der Waals surface area contributed by atoms with Gasteiger partial charge in [-0.15, -0.1) is 0 Å². The van der Waals surface area contributed by atoms with Gasteiger partial charge in [0.15, 0.2) is 17.5 Å². The van der Waals surface area contributed by atoms with Crippen molar-refractivity contribution >= 4 is 17.4 Å². The van der Waals surface area contributed by atoms with Crippen LogP contribution < -0.4 is 5.73 Å². The van der Waals surface area contributed by atoms with E-state index in [0.29, 0.717) is 11.1 Å². The van der Waals surface area contributed by atoms with Gasteiger partial charge in [0.1, 0.15) is 18.1 Å². The quantitative estimate of drug-likeness (QED) is 0.176. The number of benzene rings is 2. The summed E-state index contributed by atoms with van der Waals surface area (Å²) in [6, 6.07) is 8.68. The average Bonchev–Trinajstić information content (AvgIpc) is 2.86. The van der Waals surface area contributed by atoms with Crippen molar-refractivity contribution in [3.05, 3.63) is 94.9 Å². The number of esters is 1. The smallest absolute Gasteiger partial charge is 0.337 e. The molecule has 1 heterocycles. The predicted molar refractivity (Wildman–Crippen MR) is 132 cm³/mol. The zero-order chi connectivity index (χ0) is 26.4. The van der Waals surface area contributed by atoms with Crippen LogP contribution in [0.25, 0.3) is 28.3 Å². The highest BCUT2D eigenvalue weighted by molar-refractivity contribution is 6.01. The lowest BCUT2D eigenvalue weighted by Crippen LogP contribution is -2.14. The summed E-state index contributed by atoms with van der Waals surface area (Å²) in [5, 5.41) is 23.6. The van der Waals surface area contributed by atoms with Gasteiger partial charge in [-0.25, -0.2) is 19.7 Å². The summed E-state index contributed by atoms with van der Waals surface area (Å²) in [6.07, 6.45) is 2.80. The number of hydrogen-bond donors (Lipinski definition) is 3. The molecule has 36 heavy (non-hydrogen) atoms. The van der Waals surface area contributed by atoms with Gasteiger partial charge in [0.2, 0.25) is 5.91 Å². The normalized spacial score (nSPS) is 11.0. The molecule has 3 rings (SSSR count). The molecule has 0 bridgehead atoms. The molecular formula is C25H21N5O6. The molecule has 11 nitrogen and oxygen atoms in total. The summed E-state index contributed by atoms with van der Waals surface area (Å²) >= 11 is 0. The van der Waals surface area contributed by atoms with Crippen molar-refractivity contribution in [1.82, 2.24) is 15.0 Å². The van der Waals surface area contributed by atoms with Gasteiger partial charge in [-0.2, -0.15) is 4.91 Å². The Morgan fingerprint density at radius 1 is 1.14 bits per heavy atom. The molecule has 1 aromatic heterocycles. The number of carbonyl (C=O) groups excluding carboxylic acids is 2. The Hall–Kier alpha value is -5.19. The van der Waals surface area contributed by atoms with E-state index in [-0.39, 0.29) is 52.0 Å². The molecule has 3 aromatic rings. The lowest BCUT2D eigenvalue weighted by atomic mass is 10.0. The van der Waals surface area contributed by atoms with E-state index in [1.54, 1.807) is 12.1 Å². The summed E-state index contributed by atoms with van der Waals surface area (Å²) in [5.41, 5.74) is 6.35. The van der Waals surface area contributed by atoms with Gasteiger partial charge in [0.05, 0.1) is 29.4 Å². The third kappa shape index (κ3) is 5.30. The molecule has 182 valence electrons. The molecule has 1 amide bonds. The van der Waals surface area contributed by atoms with Gasteiger partial charge < -0.3 is 20.7 Å². The summed E-state index contributed by atoms with van der Waals surface area (Å²) < 4.78 is 4.71. The summed E-state index contributed by atoms with van der Waals surface area (Å²) in [6.45, 7) is 6.82. The molecule has 0 aliphatic rings. The number of nitrogens with zero attached hydrogens (tertiary/aromatic N) is 4. The average molecular weight is 487 g/mol. The minimum Gasteiger partial charge on any atom is -0.508 e. The summed E-state index contributed by atoms with van der Waals surface area (Å²) in [4.78, 5) is 47.8. The number of nitroso groups, excluding NO2 is 1. The van der Waals surface area contributed by atoms with E-state index in [4.69, 9.17) is 10.5 Å². The number of aliphatic hydroxyl groups excluding tert-OH is 1. The number of nitrogens with two attached hydrogens (primary N) is 1. The van der Waals surface area contributed by atoms with Crippen LogP contribution in [-0.4, -0.2) is 44.2 Å². The molecular weight excluding hydrogens is 466 g/mol. The first-order chi connectivity index (χ1) is 17.2. The first-order valence-corrected chi connectivity index (χ1v) is 10.3. The number of ether oxygens (including phenoxy) is 1. The molecule has 2 aromatic carbocycles. The molecule has 0 fully saturated rings. The van der Waals surface area contributed by atoms with Gasteiger partial charge >= 0.3 is 5.97 Å². The second-order valence-corrected chi connectivity index (χ2v) is 7.33. The maximum Gasteiger partial charge on any atom is 0.337 e. The first-order valence-electron chi connectivity index (χ1n) is 10.3. The number of aromatic hydroxyl groups is 1. The van der Waals surface area contributed by atoms with E-state index in [2.05, 4.69) is 33.3 Å². The highest BCUT2D eigenvalue weighted by Crippen LogP contribution is 2.34. The molecule has 0 aliphatic heterocycles. The number of aliphatic hydroxyl groups is 1. The zero-order valence-electron chi connectivity index (χ0n) is 19.1. The van der Waals surface area contributed by atoms with Crippen molar-refractivity contribution in [1.29, 1.82) is 0 Å². The fraction of sp³-hybridized carbons (Fsp3) is 0.0800. The fourth-order valence-corrected chi connectivity index (χ4v) is 3.31. The molecule has 4 N–H and O–H groups in total. The number of aromatic nitrogens is 3. The highest BCUT2D eigenvalue weighted by atomic mass is 16.5. The van der Waals surface area contributed by atoms with E-state index in [1.807, 2.05) is 0 Å². The Balaban J connectivity index is 2.33. The molecule has 11 heteroatoms. The van der Waals surface area contributed by atoms with Crippen LogP contribution in [0.2, 0.25) is 0 Å². The van der Waals surface area contributed by atoms with Crippen molar-refractivity contribution in [2.75, 3.05) is 7.11 Å². The van der Waals surface area contributed by atoms with Crippen LogP contribution in [0, 0.1) is 4.91 Å². The molecule has 0 saturated heterocycles. The SMILES string of the molecule is C=C/C=C(\C(=C)O)c1nc(-c2ccc(C(=O)OC)cc2)nc(-c2c(O)cc(CN=O)cc2C(N)=O)n1. The van der Waals surface area contributed by atoms with Crippen LogP contribution in [0.4, 0.5) is 0 Å². The number of carbonyl (C=O) groups is 2. The van der Waals surface area contributed by atoms with Crippen molar-refractivity contribution in [3.63, 3.8) is 0 Å². The van der Waals surface area contributed by atoms with Crippen molar-refractivity contribution in [2.45, 2.75) is 6.54 Å². The minimum absolute atomic E-state index is 0.0482. The van der Waals surface area contributed by atoms with Gasteiger partial charge in [-0.3, -0.25) is 4.79 Å². The molecule has 0 radical (unpaired) electrons. The minimum atomic E-state index is -0.910. The van der Waals surface area contributed by atoms with Crippen LogP contribution in [0.3, 0.4) is 0 Å². The van der Waals surface area contributed by atoms with E-state index in [1.165, 1.54) is 43.5 Å². The van der Waals surface area contributed by atoms with E-state index >= 15 is 0 Å². The molecule has 0 atom stereocenters. The maximum absolute atomic E-state index is 12.2. The van der Waals surface area contributed by atoms with E-state index < -0.39 is 17.6 Å². The summed E-state index contributed by atoms with van der Waals surface area (Å²) in [5.74, 6) is -2.36. The fourth-order valence-electron chi connectivity index (χ4n) is 3.31. The van der Waals surface area contributed by atoms with Crippen LogP contribution in [-0.2, 0) is 11.3 Å².